The molecule has 4 aliphatic rings. The largest absolute Gasteiger partial charge is 0.414 e. The minimum absolute atomic E-state index is 0. The molecule has 6 aromatic rings. The van der Waals surface area contributed by atoms with Gasteiger partial charge < -0.3 is 44.2 Å². The van der Waals surface area contributed by atoms with Crippen LogP contribution in [0.1, 0.15) is 123 Å². The van der Waals surface area contributed by atoms with Crippen LogP contribution in [0.5, 0.6) is 0 Å². The topological polar surface area (TPSA) is 145 Å². The van der Waals surface area contributed by atoms with Gasteiger partial charge in [0.05, 0.1) is 34.6 Å². The molecule has 0 atom stereocenters. The second kappa shape index (κ2) is 32.0. The lowest BCUT2D eigenvalue weighted by Gasteiger charge is -2.42. The first-order valence-electron chi connectivity index (χ1n) is 31.5. The van der Waals surface area contributed by atoms with Crippen LogP contribution in [0.25, 0.3) is 46.1 Å². The maximum atomic E-state index is 9.68. The van der Waals surface area contributed by atoms with Gasteiger partial charge in [-0.25, -0.2) is 4.68 Å². The Morgan fingerprint density at radius 3 is 1.51 bits per heavy atom. The lowest BCUT2D eigenvalue weighted by molar-refractivity contribution is 0.0816. The van der Waals surface area contributed by atoms with E-state index < -0.39 is 24.7 Å². The van der Waals surface area contributed by atoms with E-state index >= 15 is 0 Å². The van der Waals surface area contributed by atoms with Crippen LogP contribution in [0.15, 0.2) is 97.1 Å². The Hall–Kier alpha value is -4.73. The van der Waals surface area contributed by atoms with E-state index in [0.29, 0.717) is 24.0 Å². The third-order valence-electron chi connectivity index (χ3n) is 17.8. The molecule has 4 saturated heterocycles. The lowest BCUT2D eigenvalue weighted by Crippen LogP contribution is -2.47. The van der Waals surface area contributed by atoms with Crippen LogP contribution in [0.4, 0.5) is 11.4 Å². The molecule has 4 aliphatic heterocycles. The normalized spacial score (nSPS) is 17.5. The number of rotatable bonds is 15. The number of hydrogen-bond acceptors (Lipinski definition) is 11. The standard InChI is InChI=1S/C32H49N3O2Si2.C20H21N3O.C11H25NOSi.C5H11NO.CH4/c1-32(2,3)39(7,8)37-28-18-20-34(21-19-28)27-15-17-31-29(24-27)30(16-14-26-12-10-9-11-13-26)33-35(31)25-36-22-23-38(4,5)6;24-17-10-12-23(13-11-17)16-7-9-20-18(14-16)19(21-22-20)8-6-15-4-2-1-3-5-15;1-11(2,3)14(4,5)13-10-6-8-12-9-7-10;7-5-1-3-6-4-2-5;/h9-17,24,28H,18-23,25H2,1-8H3;1-9,14,17,24H,10-13H2,(H,21,22);10,12H,6-9H2,1-5H3;5-7H,1-4H2;1H4/b16-14+;8-6+;;;. The molecule has 0 bridgehead atoms. The smallest absolute Gasteiger partial charge is 0.192 e. The quantitative estimate of drug-likeness (QED) is 0.0495. The number of aliphatic hydroxyl groups is 2. The Balaban J connectivity index is 0.000000211. The number of hydrogen-bond donors (Lipinski definition) is 5. The molecule has 0 unspecified atom stereocenters. The molecule has 13 nitrogen and oxygen atoms in total. The van der Waals surface area contributed by atoms with E-state index in [1.54, 1.807) is 0 Å². The average molecular weight is 1220 g/mol. The fourth-order valence-corrected chi connectivity index (χ4v) is 13.8. The summed E-state index contributed by atoms with van der Waals surface area (Å²) < 4.78 is 21.2. The van der Waals surface area contributed by atoms with Gasteiger partial charge in [-0.1, -0.05) is 141 Å². The highest BCUT2D eigenvalue weighted by atomic mass is 28.4. The van der Waals surface area contributed by atoms with E-state index in [0.717, 1.165) is 137 Å². The zero-order valence-electron chi connectivity index (χ0n) is 53.6. The van der Waals surface area contributed by atoms with Crippen molar-refractivity contribution in [2.75, 3.05) is 68.8 Å². The number of H-pyrrole nitrogens is 1. The lowest BCUT2D eigenvalue weighted by atomic mass is 10.1. The predicted octanol–water partition coefficient (Wildman–Crippen LogP) is 15.3. The van der Waals surface area contributed by atoms with Crippen molar-refractivity contribution in [3.05, 3.63) is 120 Å². The number of nitrogens with zero attached hydrogens (tertiary/aromatic N) is 5. The summed E-state index contributed by atoms with van der Waals surface area (Å²) in [7, 11) is -4.39. The van der Waals surface area contributed by atoms with E-state index in [9.17, 15) is 5.11 Å². The van der Waals surface area contributed by atoms with E-state index in [1.807, 2.05) is 28.9 Å². The molecule has 2 aromatic heterocycles. The third-order valence-corrected chi connectivity index (χ3v) is 28.6. The van der Waals surface area contributed by atoms with Crippen LogP contribution in [0.2, 0.25) is 61.9 Å². The van der Waals surface area contributed by atoms with Gasteiger partial charge in [-0.2, -0.15) is 10.2 Å². The van der Waals surface area contributed by atoms with Gasteiger partial charge in [0.1, 0.15) is 6.73 Å². The summed E-state index contributed by atoms with van der Waals surface area (Å²) in [5.41, 5.74) is 8.90. The van der Waals surface area contributed by atoms with E-state index in [-0.39, 0.29) is 24.7 Å². The van der Waals surface area contributed by atoms with Crippen molar-refractivity contribution in [2.24, 2.45) is 0 Å². The summed E-state index contributed by atoms with van der Waals surface area (Å²) in [6.45, 7) is 39.8. The molecule has 0 radical (unpaired) electrons. The molecular formula is C69H110N8O5Si3. The van der Waals surface area contributed by atoms with Crippen LogP contribution >= 0.6 is 0 Å². The Bertz CT molecular complexity index is 2950. The van der Waals surface area contributed by atoms with Gasteiger partial charge in [0.15, 0.2) is 16.6 Å². The molecule has 0 aliphatic carbocycles. The molecule has 0 amide bonds. The summed E-state index contributed by atoms with van der Waals surface area (Å²) in [4.78, 5) is 4.85. The fraction of sp³-hybridized carbons (Fsp3) is 0.565. The van der Waals surface area contributed by atoms with Crippen molar-refractivity contribution in [1.82, 2.24) is 30.6 Å². The molecule has 0 spiro atoms. The molecule has 85 heavy (non-hydrogen) atoms. The van der Waals surface area contributed by atoms with Crippen molar-refractivity contribution in [2.45, 2.75) is 193 Å². The Labute approximate surface area is 515 Å². The van der Waals surface area contributed by atoms with Gasteiger partial charge >= 0.3 is 0 Å². The number of fused-ring (bicyclic) bond motifs is 2. The third kappa shape index (κ3) is 21.5. The number of benzene rings is 4. The molecule has 16 heteroatoms. The van der Waals surface area contributed by atoms with Gasteiger partial charge in [-0.3, -0.25) is 5.10 Å². The van der Waals surface area contributed by atoms with Crippen LogP contribution in [0.3, 0.4) is 0 Å². The van der Waals surface area contributed by atoms with E-state index in [2.05, 4.69) is 215 Å². The van der Waals surface area contributed by atoms with Crippen LogP contribution in [-0.4, -0.2) is 138 Å². The number of aromatic amines is 1. The van der Waals surface area contributed by atoms with Crippen molar-refractivity contribution in [3.8, 4) is 0 Å². The van der Waals surface area contributed by atoms with Gasteiger partial charge in [0.25, 0.3) is 0 Å². The van der Waals surface area contributed by atoms with Crippen LogP contribution in [0, 0.1) is 0 Å². The maximum absolute atomic E-state index is 9.68. The summed E-state index contributed by atoms with van der Waals surface area (Å²) in [5, 5.41) is 40.5. The molecule has 6 heterocycles. The van der Waals surface area contributed by atoms with Gasteiger partial charge in [0.2, 0.25) is 0 Å². The van der Waals surface area contributed by atoms with Gasteiger partial charge in [-0.15, -0.1) is 0 Å². The fourth-order valence-electron chi connectivity index (χ4n) is 10.2. The number of aliphatic hydroxyl groups excluding tert-OH is 2. The first-order chi connectivity index (χ1) is 39.8. The molecule has 468 valence electrons. The number of ether oxygens (including phenoxy) is 1. The van der Waals surface area contributed by atoms with Crippen LogP contribution < -0.4 is 20.4 Å². The Morgan fingerprint density at radius 2 is 1.01 bits per heavy atom. The summed E-state index contributed by atoms with van der Waals surface area (Å²) >= 11 is 0. The number of piperidine rings is 4. The first-order valence-corrected chi connectivity index (χ1v) is 41.0. The minimum atomic E-state index is -1.74. The predicted molar refractivity (Wildman–Crippen MR) is 371 cm³/mol. The van der Waals surface area contributed by atoms with Crippen molar-refractivity contribution in [3.63, 3.8) is 0 Å². The Kier molecular flexibility index (Phi) is 26.1. The van der Waals surface area contributed by atoms with Crippen molar-refractivity contribution >= 4 is 82.2 Å². The zero-order valence-corrected chi connectivity index (χ0v) is 56.6. The zero-order chi connectivity index (χ0) is 60.5. The van der Waals surface area contributed by atoms with Crippen LogP contribution in [-0.2, 0) is 20.3 Å². The number of nitrogens with one attached hydrogen (secondary N) is 3. The summed E-state index contributed by atoms with van der Waals surface area (Å²) in [5.74, 6) is 0. The molecule has 4 fully saturated rings. The second-order valence-corrected chi connectivity index (χ2v) is 43.0. The van der Waals surface area contributed by atoms with E-state index in [4.69, 9.17) is 23.8 Å². The molecule has 0 saturated carbocycles. The maximum Gasteiger partial charge on any atom is 0.192 e. The van der Waals surface area contributed by atoms with Crippen molar-refractivity contribution < 1.29 is 23.8 Å². The highest BCUT2D eigenvalue weighted by Crippen LogP contribution is 2.40. The molecular weight excluding hydrogens is 1110 g/mol. The Morgan fingerprint density at radius 1 is 0.553 bits per heavy atom. The monoisotopic (exact) mass is 1210 g/mol. The SMILES string of the molecule is C.CC(C)(C)[Si](C)(C)OC1CCN(c2ccc3c(c2)c(/C=C/c2ccccc2)nn3COCC[Si](C)(C)C)CC1.CC(C)(C)[Si](C)(C)OC1CCNCC1.OC1CCN(c2ccc3[nH]nc(/C=C/c4ccccc4)c3c2)CC1.OC1CCNCC1. The number of anilines is 2. The highest BCUT2D eigenvalue weighted by molar-refractivity contribution is 6.76. The van der Waals surface area contributed by atoms with Gasteiger partial charge in [0, 0.05) is 75.2 Å². The summed E-state index contributed by atoms with van der Waals surface area (Å²) in [6, 6.07) is 35.0. The highest BCUT2D eigenvalue weighted by Gasteiger charge is 2.41. The second-order valence-electron chi connectivity index (χ2n) is 27.9. The first kappa shape index (κ1) is 69.4. The number of aromatic nitrogens is 4. The van der Waals surface area contributed by atoms with E-state index in [1.165, 1.54) is 35.2 Å². The summed E-state index contributed by atoms with van der Waals surface area (Å²) in [6.07, 6.45) is 17.2. The molecule has 5 N–H and O–H groups in total. The minimum Gasteiger partial charge on any atom is -0.414 e. The molecule has 4 aromatic carbocycles. The van der Waals surface area contributed by atoms with Gasteiger partial charge in [-0.05, 0) is 180 Å². The average Bonchev–Trinajstić information content (AvgIpc) is 2.57. The van der Waals surface area contributed by atoms with Crippen molar-refractivity contribution in [1.29, 1.82) is 0 Å². The molecule has 10 rings (SSSR count).